The molecule has 9 heteroatoms. The molecule has 3 rings (SSSR count). The highest BCUT2D eigenvalue weighted by Crippen LogP contribution is 2.14. The van der Waals surface area contributed by atoms with E-state index >= 15 is 0 Å². The zero-order valence-electron chi connectivity index (χ0n) is 14.7. The Morgan fingerprint density at radius 1 is 1.27 bits per heavy atom. The maximum absolute atomic E-state index is 12.4. The zero-order chi connectivity index (χ0) is 17.6. The van der Waals surface area contributed by atoms with Crippen LogP contribution in [0.2, 0.25) is 0 Å². The predicted molar refractivity (Wildman–Crippen MR) is 103 cm³/mol. The van der Waals surface area contributed by atoms with E-state index in [0.29, 0.717) is 12.2 Å². The quantitative estimate of drug-likeness (QED) is 0.570. The molecule has 4 N–H and O–H groups in total. The number of fused-ring (bicyclic) bond motifs is 1. The first-order valence-electron chi connectivity index (χ1n) is 8.60. The zero-order valence-corrected chi connectivity index (χ0v) is 15.6. The first-order valence-corrected chi connectivity index (χ1v) is 8.60. The van der Waals surface area contributed by atoms with Crippen molar-refractivity contribution in [2.45, 2.75) is 13.0 Å². The molecule has 2 amide bonds. The minimum atomic E-state index is -0.619. The van der Waals surface area contributed by atoms with Gasteiger partial charge in [0.15, 0.2) is 5.69 Å². The van der Waals surface area contributed by atoms with Crippen LogP contribution in [-0.4, -0.2) is 72.2 Å². The van der Waals surface area contributed by atoms with Crippen molar-refractivity contribution in [3.05, 3.63) is 30.0 Å². The second-order valence-corrected chi connectivity index (χ2v) is 6.20. The Balaban J connectivity index is 0.00000243. The van der Waals surface area contributed by atoms with E-state index in [1.807, 2.05) is 24.3 Å². The molecule has 1 saturated heterocycles. The highest BCUT2D eigenvalue weighted by Gasteiger charge is 2.20. The van der Waals surface area contributed by atoms with E-state index in [0.717, 1.165) is 43.6 Å². The molecule has 0 spiro atoms. The average molecular weight is 381 g/mol. The van der Waals surface area contributed by atoms with Gasteiger partial charge in [-0.3, -0.25) is 19.6 Å². The van der Waals surface area contributed by atoms with Crippen LogP contribution in [0.5, 0.6) is 0 Å². The third-order valence-corrected chi connectivity index (χ3v) is 4.36. The van der Waals surface area contributed by atoms with Crippen LogP contribution in [0.25, 0.3) is 10.9 Å². The van der Waals surface area contributed by atoms with E-state index in [9.17, 15) is 9.59 Å². The molecule has 1 atom stereocenters. The Bertz CT molecular complexity index is 744. The summed E-state index contributed by atoms with van der Waals surface area (Å²) in [6.07, 6.45) is 0. The summed E-state index contributed by atoms with van der Waals surface area (Å²) in [5, 5.41) is 16.5. The van der Waals surface area contributed by atoms with Crippen LogP contribution in [0.4, 0.5) is 0 Å². The van der Waals surface area contributed by atoms with Crippen molar-refractivity contribution in [3.63, 3.8) is 0 Å². The van der Waals surface area contributed by atoms with Gasteiger partial charge in [-0.2, -0.15) is 5.10 Å². The number of piperazine rings is 1. The van der Waals surface area contributed by atoms with Gasteiger partial charge in [-0.15, -0.1) is 12.4 Å². The molecule has 1 aromatic carbocycles. The molecule has 0 bridgehead atoms. The molecule has 1 unspecified atom stereocenters. The standard InChI is InChI=1S/C17H24N6O2.ClH/c1-12(16(24)19-8-11-23-9-6-18-7-10-23)20-17(25)15-13-4-2-3-5-14(13)21-22-15;/h2-5,12,18H,6-11H2,1H3,(H,19,24)(H,20,25)(H,21,22);1H. The van der Waals surface area contributed by atoms with Gasteiger partial charge in [-0.1, -0.05) is 18.2 Å². The maximum Gasteiger partial charge on any atom is 0.273 e. The molecule has 1 fully saturated rings. The van der Waals surface area contributed by atoms with Crippen LogP contribution in [0.1, 0.15) is 17.4 Å². The number of halogens is 1. The molecule has 2 aromatic rings. The highest BCUT2D eigenvalue weighted by molar-refractivity contribution is 6.05. The van der Waals surface area contributed by atoms with Crippen LogP contribution < -0.4 is 16.0 Å². The third kappa shape index (κ3) is 4.94. The fourth-order valence-corrected chi connectivity index (χ4v) is 2.89. The number of carbonyl (C=O) groups is 2. The number of amides is 2. The lowest BCUT2D eigenvalue weighted by Gasteiger charge is -2.27. The van der Waals surface area contributed by atoms with Gasteiger partial charge in [0, 0.05) is 44.7 Å². The van der Waals surface area contributed by atoms with Gasteiger partial charge in [-0.05, 0) is 13.0 Å². The fraction of sp³-hybridized carbons (Fsp3) is 0.471. The molecule has 8 nitrogen and oxygen atoms in total. The Kier molecular flexibility index (Phi) is 7.38. The Morgan fingerprint density at radius 2 is 2.00 bits per heavy atom. The summed E-state index contributed by atoms with van der Waals surface area (Å²) in [5.41, 5.74) is 1.09. The van der Waals surface area contributed by atoms with Crippen LogP contribution >= 0.6 is 12.4 Å². The molecular weight excluding hydrogens is 356 g/mol. The van der Waals surface area contributed by atoms with Gasteiger partial charge in [0.25, 0.3) is 5.91 Å². The smallest absolute Gasteiger partial charge is 0.273 e. The Morgan fingerprint density at radius 3 is 2.77 bits per heavy atom. The average Bonchev–Trinajstić information content (AvgIpc) is 3.06. The lowest BCUT2D eigenvalue weighted by molar-refractivity contribution is -0.122. The van der Waals surface area contributed by atoms with E-state index in [-0.39, 0.29) is 24.2 Å². The first-order chi connectivity index (χ1) is 12.1. The van der Waals surface area contributed by atoms with E-state index in [4.69, 9.17) is 0 Å². The second kappa shape index (κ2) is 9.51. The van der Waals surface area contributed by atoms with Crippen LogP contribution in [0.3, 0.4) is 0 Å². The second-order valence-electron chi connectivity index (χ2n) is 6.20. The van der Waals surface area contributed by atoms with Gasteiger partial charge in [-0.25, -0.2) is 0 Å². The lowest BCUT2D eigenvalue weighted by Crippen LogP contribution is -2.49. The summed E-state index contributed by atoms with van der Waals surface area (Å²) in [7, 11) is 0. The normalized spacial score (nSPS) is 15.9. The van der Waals surface area contributed by atoms with Crippen molar-refractivity contribution < 1.29 is 9.59 Å². The Hall–Kier alpha value is -2.16. The van der Waals surface area contributed by atoms with Gasteiger partial charge in [0.05, 0.1) is 5.52 Å². The van der Waals surface area contributed by atoms with Crippen molar-refractivity contribution in [2.75, 3.05) is 39.3 Å². The largest absolute Gasteiger partial charge is 0.353 e. The number of rotatable bonds is 6. The fourth-order valence-electron chi connectivity index (χ4n) is 2.89. The monoisotopic (exact) mass is 380 g/mol. The topological polar surface area (TPSA) is 102 Å². The SMILES string of the molecule is CC(NC(=O)c1n[nH]c2ccccc12)C(=O)NCCN1CCNCC1.Cl. The summed E-state index contributed by atoms with van der Waals surface area (Å²) >= 11 is 0. The summed E-state index contributed by atoms with van der Waals surface area (Å²) < 4.78 is 0. The minimum Gasteiger partial charge on any atom is -0.353 e. The van der Waals surface area contributed by atoms with Gasteiger partial charge in [0.1, 0.15) is 6.04 Å². The number of aromatic amines is 1. The number of carbonyl (C=O) groups excluding carboxylic acids is 2. The molecule has 26 heavy (non-hydrogen) atoms. The number of nitrogens with one attached hydrogen (secondary N) is 4. The molecule has 1 aromatic heterocycles. The van der Waals surface area contributed by atoms with E-state index < -0.39 is 6.04 Å². The Labute approximate surface area is 158 Å². The number of H-pyrrole nitrogens is 1. The van der Waals surface area contributed by atoms with Crippen LogP contribution in [0, 0.1) is 0 Å². The van der Waals surface area contributed by atoms with Gasteiger partial charge >= 0.3 is 0 Å². The van der Waals surface area contributed by atoms with E-state index in [1.165, 1.54) is 0 Å². The number of hydrogen-bond donors (Lipinski definition) is 4. The number of para-hydroxylation sites is 1. The van der Waals surface area contributed by atoms with Crippen molar-refractivity contribution in [3.8, 4) is 0 Å². The van der Waals surface area contributed by atoms with Crippen LogP contribution in [-0.2, 0) is 4.79 Å². The number of nitrogens with zero attached hydrogens (tertiary/aromatic N) is 2. The predicted octanol–water partition coefficient (Wildman–Crippen LogP) is 0.124. The molecular formula is C17H25ClN6O2. The summed E-state index contributed by atoms with van der Waals surface area (Å²) in [6, 6.07) is 6.78. The van der Waals surface area contributed by atoms with Crippen molar-refractivity contribution in [1.82, 2.24) is 31.0 Å². The van der Waals surface area contributed by atoms with E-state index in [1.54, 1.807) is 6.92 Å². The summed E-state index contributed by atoms with van der Waals surface area (Å²) in [4.78, 5) is 26.8. The molecule has 2 heterocycles. The molecule has 1 aliphatic heterocycles. The third-order valence-electron chi connectivity index (χ3n) is 4.36. The number of hydrogen-bond acceptors (Lipinski definition) is 5. The molecule has 0 aliphatic carbocycles. The molecule has 1 aliphatic rings. The molecule has 0 saturated carbocycles. The van der Waals surface area contributed by atoms with Crippen LogP contribution in [0.15, 0.2) is 24.3 Å². The van der Waals surface area contributed by atoms with Crippen molar-refractivity contribution in [1.29, 1.82) is 0 Å². The van der Waals surface area contributed by atoms with Crippen molar-refractivity contribution >= 4 is 35.1 Å². The molecule has 142 valence electrons. The summed E-state index contributed by atoms with van der Waals surface area (Å²) in [6.45, 7) is 7.02. The minimum absolute atomic E-state index is 0. The molecule has 0 radical (unpaired) electrons. The van der Waals surface area contributed by atoms with Crippen molar-refractivity contribution in [2.24, 2.45) is 0 Å². The van der Waals surface area contributed by atoms with E-state index in [2.05, 4.69) is 31.0 Å². The number of benzene rings is 1. The maximum atomic E-state index is 12.4. The highest BCUT2D eigenvalue weighted by atomic mass is 35.5. The lowest BCUT2D eigenvalue weighted by atomic mass is 10.2. The summed E-state index contributed by atoms with van der Waals surface area (Å²) in [5.74, 6) is -0.550. The van der Waals surface area contributed by atoms with Gasteiger partial charge < -0.3 is 16.0 Å². The van der Waals surface area contributed by atoms with Gasteiger partial charge in [0.2, 0.25) is 5.91 Å². The first kappa shape index (κ1) is 20.2. The number of aromatic nitrogens is 2.